The normalized spacial score (nSPS) is 22.4. The Balaban J connectivity index is 2.08. The number of amidine groups is 1. The Hall–Kier alpha value is -3.72. The Bertz CT molecular complexity index is 1040. The summed E-state index contributed by atoms with van der Waals surface area (Å²) < 4.78 is 22.2. The van der Waals surface area contributed by atoms with E-state index in [9.17, 15) is 15.2 Å². The summed E-state index contributed by atoms with van der Waals surface area (Å²) in [6, 6.07) is 11.7. The molecule has 3 rings (SSSR count). The maximum absolute atomic E-state index is 11.6. The molecule has 11 heteroatoms. The highest BCUT2D eigenvalue weighted by atomic mass is 16.7. The van der Waals surface area contributed by atoms with Crippen molar-refractivity contribution in [1.82, 2.24) is 5.32 Å². The Morgan fingerprint density at radius 1 is 1.28 bits per heavy atom. The molecule has 0 saturated heterocycles. The maximum atomic E-state index is 11.6. The first-order valence-electron chi connectivity index (χ1n) is 9.51. The third kappa shape index (κ3) is 4.33. The van der Waals surface area contributed by atoms with Crippen LogP contribution in [0.5, 0.6) is 11.5 Å². The summed E-state index contributed by atoms with van der Waals surface area (Å²) in [6.45, 7) is 1.50. The van der Waals surface area contributed by atoms with Gasteiger partial charge in [0, 0.05) is 25.8 Å². The van der Waals surface area contributed by atoms with Crippen LogP contribution in [0.4, 0.5) is 5.69 Å². The van der Waals surface area contributed by atoms with E-state index in [2.05, 4.69) is 10.3 Å². The summed E-state index contributed by atoms with van der Waals surface area (Å²) in [6.07, 6.45) is -0.797. The maximum Gasteiger partial charge on any atom is 0.311 e. The molecule has 0 saturated carbocycles. The molecule has 2 aromatic carbocycles. The highest BCUT2D eigenvalue weighted by Crippen LogP contribution is 2.46. The van der Waals surface area contributed by atoms with E-state index in [1.807, 2.05) is 0 Å². The van der Waals surface area contributed by atoms with Crippen LogP contribution in [-0.2, 0) is 9.47 Å². The lowest BCUT2D eigenvalue weighted by Gasteiger charge is -2.46. The second-order valence-corrected chi connectivity index (χ2v) is 7.04. The number of methoxy groups -OCH3 is 2. The monoisotopic (exact) mass is 442 g/mol. The number of nitrogens with one attached hydrogen (secondary N) is 1. The standard InChI is InChI=1S/C21H22N4O7/c1-21(19(29-2)30-3)18(26)16(14-10-7-11-15(25(27)28)17(14)32-21)24-20(23-12-22)31-13-8-5-4-6-9-13/h4-11,16,18-19,26H,1-3H3,(H,23,24)/t16-,18+,21?/m1/s1. The van der Waals surface area contributed by atoms with Crippen LogP contribution in [0, 0.1) is 21.6 Å². The van der Waals surface area contributed by atoms with Gasteiger partial charge in [0.25, 0.3) is 0 Å². The van der Waals surface area contributed by atoms with Crippen LogP contribution in [0.25, 0.3) is 0 Å². The topological polar surface area (TPSA) is 148 Å². The van der Waals surface area contributed by atoms with Crippen LogP contribution >= 0.6 is 0 Å². The molecular formula is C21H22N4O7. The molecule has 2 aromatic rings. The van der Waals surface area contributed by atoms with E-state index in [0.717, 1.165) is 0 Å². The Kier molecular flexibility index (Phi) is 6.89. The summed E-state index contributed by atoms with van der Waals surface area (Å²) in [7, 11) is 2.71. The van der Waals surface area contributed by atoms with Crippen molar-refractivity contribution < 1.29 is 29.0 Å². The molecule has 168 valence electrons. The van der Waals surface area contributed by atoms with Crippen LogP contribution < -0.4 is 14.8 Å². The number of aliphatic hydroxyl groups excluding tert-OH is 1. The zero-order valence-corrected chi connectivity index (χ0v) is 17.6. The number of ether oxygens (including phenoxy) is 4. The smallest absolute Gasteiger partial charge is 0.311 e. The van der Waals surface area contributed by atoms with Gasteiger partial charge < -0.3 is 29.4 Å². The Labute approximate surface area is 184 Å². The van der Waals surface area contributed by atoms with Crippen molar-refractivity contribution in [2.45, 2.75) is 31.0 Å². The van der Waals surface area contributed by atoms with Crippen molar-refractivity contribution in [3.63, 3.8) is 0 Å². The number of hydrogen-bond donors (Lipinski definition) is 2. The van der Waals surface area contributed by atoms with Crippen molar-refractivity contribution >= 4 is 11.7 Å². The van der Waals surface area contributed by atoms with E-state index in [4.69, 9.17) is 24.2 Å². The predicted octanol–water partition coefficient (Wildman–Crippen LogP) is 2.27. The second-order valence-electron chi connectivity index (χ2n) is 7.04. The van der Waals surface area contributed by atoms with Crippen LogP contribution in [0.3, 0.4) is 0 Å². The molecule has 0 amide bonds. The fraction of sp³-hybridized carbons (Fsp3) is 0.333. The Morgan fingerprint density at radius 3 is 2.56 bits per heavy atom. The van der Waals surface area contributed by atoms with Crippen LogP contribution in [0.15, 0.2) is 53.5 Å². The summed E-state index contributed by atoms with van der Waals surface area (Å²) in [5.41, 5.74) is -1.59. The van der Waals surface area contributed by atoms with Gasteiger partial charge >= 0.3 is 11.7 Å². The summed E-state index contributed by atoms with van der Waals surface area (Å²) in [5.74, 6) is 0.321. The minimum absolute atomic E-state index is 0.0714. The van der Waals surface area contributed by atoms with Crippen molar-refractivity contribution in [3.8, 4) is 17.7 Å². The van der Waals surface area contributed by atoms with E-state index < -0.39 is 29.0 Å². The molecule has 0 aliphatic carbocycles. The Morgan fingerprint density at radius 2 is 1.97 bits per heavy atom. The number of aliphatic hydroxyl groups is 1. The lowest BCUT2D eigenvalue weighted by Crippen LogP contribution is -2.62. The van der Waals surface area contributed by atoms with Gasteiger partial charge in [0.1, 0.15) is 11.9 Å². The van der Waals surface area contributed by atoms with E-state index in [1.54, 1.807) is 42.6 Å². The molecular weight excluding hydrogens is 420 g/mol. The number of benzene rings is 2. The van der Waals surface area contributed by atoms with Crippen molar-refractivity contribution in [2.24, 2.45) is 4.99 Å². The molecule has 0 bridgehead atoms. The molecule has 3 atom stereocenters. The molecule has 2 N–H and O–H groups in total. The third-order valence-corrected chi connectivity index (χ3v) is 5.07. The lowest BCUT2D eigenvalue weighted by molar-refractivity contribution is -0.387. The van der Waals surface area contributed by atoms with E-state index in [0.29, 0.717) is 5.75 Å². The average Bonchev–Trinajstić information content (AvgIpc) is 2.78. The van der Waals surface area contributed by atoms with Gasteiger partial charge in [0.15, 0.2) is 11.9 Å². The number of nitriles is 1. The van der Waals surface area contributed by atoms with Gasteiger partial charge in [-0.3, -0.25) is 10.1 Å². The number of para-hydroxylation sites is 2. The molecule has 1 aliphatic rings. The molecule has 0 aromatic heterocycles. The van der Waals surface area contributed by atoms with Crippen LogP contribution in [0.1, 0.15) is 18.5 Å². The summed E-state index contributed by atoms with van der Waals surface area (Å²) in [5, 5.41) is 34.9. The third-order valence-electron chi connectivity index (χ3n) is 5.07. The molecule has 1 aliphatic heterocycles. The van der Waals surface area contributed by atoms with Gasteiger partial charge in [-0.15, -0.1) is 4.99 Å². The summed E-state index contributed by atoms with van der Waals surface area (Å²) in [4.78, 5) is 14.7. The first kappa shape index (κ1) is 23.0. The first-order valence-corrected chi connectivity index (χ1v) is 9.51. The van der Waals surface area contributed by atoms with E-state index >= 15 is 0 Å². The van der Waals surface area contributed by atoms with Gasteiger partial charge in [-0.05, 0) is 19.1 Å². The van der Waals surface area contributed by atoms with E-state index in [1.165, 1.54) is 33.3 Å². The largest absolute Gasteiger partial charge is 0.472 e. The van der Waals surface area contributed by atoms with Gasteiger partial charge in [-0.2, -0.15) is 5.26 Å². The molecule has 11 nitrogen and oxygen atoms in total. The quantitative estimate of drug-likeness (QED) is 0.172. The second kappa shape index (κ2) is 9.61. The highest BCUT2D eigenvalue weighted by Gasteiger charge is 2.54. The average molecular weight is 442 g/mol. The number of hydrogen-bond acceptors (Lipinski definition) is 9. The number of fused-ring (bicyclic) bond motifs is 1. The molecule has 0 fully saturated rings. The lowest BCUT2D eigenvalue weighted by atomic mass is 9.84. The minimum Gasteiger partial charge on any atom is -0.472 e. The molecule has 32 heavy (non-hydrogen) atoms. The molecule has 0 radical (unpaired) electrons. The van der Waals surface area contributed by atoms with Gasteiger partial charge in [0.2, 0.25) is 11.9 Å². The number of nitrogens with zero attached hydrogens (tertiary/aromatic N) is 3. The van der Waals surface area contributed by atoms with Gasteiger partial charge in [-0.25, -0.2) is 0 Å². The molecule has 0 spiro atoms. The fourth-order valence-corrected chi connectivity index (χ4v) is 3.59. The SMILES string of the molecule is COC(OC)C1(C)Oc2c(cccc2[N+](=O)[O-])[C@@H](N/C(=N/C#N)Oc2ccccc2)[C@@H]1O. The summed E-state index contributed by atoms with van der Waals surface area (Å²) >= 11 is 0. The first-order chi connectivity index (χ1) is 15.3. The highest BCUT2D eigenvalue weighted by molar-refractivity contribution is 5.78. The number of aliphatic imine (C=N–C) groups is 1. The van der Waals surface area contributed by atoms with Gasteiger partial charge in [0.05, 0.1) is 11.0 Å². The van der Waals surface area contributed by atoms with Crippen molar-refractivity contribution in [1.29, 1.82) is 5.26 Å². The zero-order chi connectivity index (χ0) is 23.3. The molecule has 1 unspecified atom stereocenters. The van der Waals surface area contributed by atoms with Crippen LogP contribution in [-0.4, -0.2) is 48.3 Å². The van der Waals surface area contributed by atoms with Crippen molar-refractivity contribution in [3.05, 3.63) is 64.2 Å². The van der Waals surface area contributed by atoms with Crippen molar-refractivity contribution in [2.75, 3.05) is 14.2 Å². The minimum atomic E-state index is -1.56. The zero-order valence-electron chi connectivity index (χ0n) is 17.6. The van der Waals surface area contributed by atoms with Crippen LogP contribution in [0.2, 0.25) is 0 Å². The predicted molar refractivity (Wildman–Crippen MR) is 112 cm³/mol. The van der Waals surface area contributed by atoms with Gasteiger partial charge in [-0.1, -0.05) is 30.3 Å². The fourth-order valence-electron chi connectivity index (χ4n) is 3.59. The number of nitro benzene ring substituents is 1. The molecule has 1 heterocycles. The van der Waals surface area contributed by atoms with E-state index in [-0.39, 0.29) is 23.0 Å². The number of nitro groups is 1. The number of rotatable bonds is 6.